The largest absolute Gasteiger partial charge is 0.284 e. The Morgan fingerprint density at radius 2 is 0.750 bits per heavy atom. The van der Waals surface area contributed by atoms with Gasteiger partial charge in [-0.15, -0.1) is 0 Å². The predicted octanol–water partition coefficient (Wildman–Crippen LogP) is 3.83. The van der Waals surface area contributed by atoms with Gasteiger partial charge in [-0.25, -0.2) is 0 Å². The van der Waals surface area contributed by atoms with Crippen molar-refractivity contribution < 1.29 is 13.0 Å². The molecule has 0 radical (unpaired) electrons. The van der Waals surface area contributed by atoms with E-state index in [9.17, 15) is 13.0 Å². The number of pyridine rings is 5. The molecule has 5 heterocycles. The fourth-order valence-corrected chi connectivity index (χ4v) is 6.27. The predicted molar refractivity (Wildman–Crippen MR) is 133 cm³/mol. The van der Waals surface area contributed by atoms with Gasteiger partial charge in [0.15, 0.2) is 0 Å². The van der Waals surface area contributed by atoms with Crippen LogP contribution >= 0.6 is 0 Å². The molecule has 0 spiro atoms. The van der Waals surface area contributed by atoms with Crippen LogP contribution in [0.4, 0.5) is 0 Å². The highest BCUT2D eigenvalue weighted by molar-refractivity contribution is 7.87. The van der Waals surface area contributed by atoms with Crippen molar-refractivity contribution in [3.8, 4) is 0 Å². The average molecular weight is 496 g/mol. The summed E-state index contributed by atoms with van der Waals surface area (Å²) in [7, 11) is -5.08. The number of hydrogen-bond donors (Lipinski definition) is 1. The third-order valence-corrected chi connectivity index (χ3v) is 7.61. The minimum atomic E-state index is -5.08. The van der Waals surface area contributed by atoms with E-state index in [0.29, 0.717) is 0 Å². The molecule has 0 bridgehead atoms. The van der Waals surface area contributed by atoms with E-state index in [1.165, 1.54) is 12.4 Å². The fraction of sp³-hybridized carbons (Fsp3) is 0.0741. The third-order valence-electron chi connectivity index (χ3n) is 6.11. The highest BCUT2D eigenvalue weighted by Gasteiger charge is 2.68. The van der Waals surface area contributed by atoms with Gasteiger partial charge >= 0.3 is 0 Å². The molecule has 0 aliphatic rings. The molecule has 8 nitrogen and oxygen atoms in total. The Hall–Kier alpha value is -4.34. The van der Waals surface area contributed by atoms with Gasteiger partial charge in [0.05, 0.1) is 28.5 Å². The van der Waals surface area contributed by atoms with Gasteiger partial charge in [0.25, 0.3) is 10.1 Å². The van der Waals surface area contributed by atoms with E-state index in [2.05, 4.69) is 24.9 Å². The Kier molecular flexibility index (Phi) is 6.09. The summed E-state index contributed by atoms with van der Waals surface area (Å²) < 4.78 is 37.1. The van der Waals surface area contributed by atoms with Gasteiger partial charge in [-0.05, 0) is 60.7 Å². The van der Waals surface area contributed by atoms with Gasteiger partial charge in [-0.3, -0.25) is 29.5 Å². The van der Waals surface area contributed by atoms with Crippen LogP contribution < -0.4 is 0 Å². The molecule has 9 heteroatoms. The first kappa shape index (κ1) is 23.4. The van der Waals surface area contributed by atoms with Crippen LogP contribution in [-0.2, 0) is 20.3 Å². The first-order valence-corrected chi connectivity index (χ1v) is 12.5. The summed E-state index contributed by atoms with van der Waals surface area (Å²) in [5.41, 5.74) is -0.877. The van der Waals surface area contributed by atoms with E-state index in [4.69, 9.17) is 0 Å². The van der Waals surface area contributed by atoms with Crippen LogP contribution in [0.2, 0.25) is 0 Å². The van der Waals surface area contributed by atoms with Crippen molar-refractivity contribution >= 4 is 10.1 Å². The standard InChI is InChI=1S/C27H21N5O3S/c33-36(34,35)27(24-14-4-9-19-31-24,25-15-5-10-20-32-25)26(21-11-1-6-16-28-21,22-12-2-7-17-29-22)23-13-3-8-18-30-23/h1-20H,(H,33,34,35). The second kappa shape index (κ2) is 9.37. The number of aromatic nitrogens is 5. The molecule has 5 rings (SSSR count). The minimum absolute atomic E-state index is 0.0353. The maximum atomic E-state index is 14.0. The molecular weight excluding hydrogens is 474 g/mol. The molecule has 0 aliphatic carbocycles. The fourth-order valence-electron chi connectivity index (χ4n) is 4.80. The van der Waals surface area contributed by atoms with Crippen LogP contribution in [0.25, 0.3) is 0 Å². The molecule has 0 amide bonds. The van der Waals surface area contributed by atoms with Gasteiger partial charge in [0.2, 0.25) is 4.75 Å². The summed E-state index contributed by atoms with van der Waals surface area (Å²) in [6.07, 6.45) is 7.61. The molecule has 5 aromatic rings. The lowest BCUT2D eigenvalue weighted by Gasteiger charge is -2.46. The normalized spacial score (nSPS) is 12.2. The van der Waals surface area contributed by atoms with Crippen LogP contribution in [0.1, 0.15) is 28.5 Å². The van der Waals surface area contributed by atoms with Crippen LogP contribution in [0.3, 0.4) is 0 Å². The van der Waals surface area contributed by atoms with E-state index in [1.807, 2.05) is 0 Å². The number of rotatable bonds is 7. The molecule has 0 aromatic carbocycles. The van der Waals surface area contributed by atoms with Crippen LogP contribution in [-0.4, -0.2) is 37.9 Å². The highest BCUT2D eigenvalue weighted by atomic mass is 32.2. The van der Waals surface area contributed by atoms with Gasteiger partial charge in [0.1, 0.15) is 5.41 Å². The third kappa shape index (κ3) is 3.48. The van der Waals surface area contributed by atoms with Gasteiger partial charge in [0, 0.05) is 31.0 Å². The van der Waals surface area contributed by atoms with Crippen molar-refractivity contribution in [2.45, 2.75) is 10.2 Å². The molecular formula is C27H21N5O3S. The summed E-state index contributed by atoms with van der Waals surface area (Å²) in [6, 6.07) is 25.2. The van der Waals surface area contributed by atoms with Crippen LogP contribution in [0, 0.1) is 0 Å². The molecule has 1 N–H and O–H groups in total. The zero-order chi connectivity index (χ0) is 25.1. The Labute approximate surface area is 208 Å². The van der Waals surface area contributed by atoms with E-state index in [-0.39, 0.29) is 28.5 Å². The highest BCUT2D eigenvalue weighted by Crippen LogP contribution is 2.56. The summed E-state index contributed by atoms with van der Waals surface area (Å²) in [5.74, 6) is 0. The van der Waals surface area contributed by atoms with E-state index < -0.39 is 20.3 Å². The topological polar surface area (TPSA) is 119 Å². The Morgan fingerprint density at radius 1 is 0.472 bits per heavy atom. The van der Waals surface area contributed by atoms with Crippen LogP contribution in [0.5, 0.6) is 0 Å². The smallest absolute Gasteiger partial charge is 0.284 e. The first-order valence-electron chi connectivity index (χ1n) is 11.1. The first-order chi connectivity index (χ1) is 17.5. The van der Waals surface area contributed by atoms with Crippen molar-refractivity contribution in [1.82, 2.24) is 24.9 Å². The summed E-state index contributed by atoms with van der Waals surface area (Å²) in [4.78, 5) is 22.8. The lowest BCUT2D eigenvalue weighted by Crippen LogP contribution is -2.58. The molecule has 178 valence electrons. The average Bonchev–Trinajstić information content (AvgIpc) is 2.93. The Balaban J connectivity index is 2.14. The lowest BCUT2D eigenvalue weighted by molar-refractivity contribution is 0.364. The van der Waals surface area contributed by atoms with E-state index >= 15 is 0 Å². The molecule has 0 unspecified atom stereocenters. The summed E-state index contributed by atoms with van der Waals surface area (Å²) in [5, 5.41) is 0. The van der Waals surface area contributed by atoms with E-state index in [0.717, 1.165) is 0 Å². The van der Waals surface area contributed by atoms with Crippen LogP contribution in [0.15, 0.2) is 122 Å². The van der Waals surface area contributed by atoms with Gasteiger partial charge < -0.3 is 0 Å². The summed E-state index contributed by atoms with van der Waals surface area (Å²) >= 11 is 0. The maximum absolute atomic E-state index is 14.0. The lowest BCUT2D eigenvalue weighted by atomic mass is 9.63. The van der Waals surface area contributed by atoms with Gasteiger partial charge in [-0.1, -0.05) is 30.3 Å². The minimum Gasteiger partial charge on any atom is -0.284 e. The maximum Gasteiger partial charge on any atom is 0.284 e. The zero-order valence-electron chi connectivity index (χ0n) is 19.0. The van der Waals surface area contributed by atoms with Crippen molar-refractivity contribution in [3.05, 3.63) is 150 Å². The monoisotopic (exact) mass is 495 g/mol. The zero-order valence-corrected chi connectivity index (χ0v) is 19.8. The molecule has 0 saturated carbocycles. The number of nitrogens with zero attached hydrogens (tertiary/aromatic N) is 5. The summed E-state index contributed by atoms with van der Waals surface area (Å²) in [6.45, 7) is 0. The van der Waals surface area contributed by atoms with Crippen molar-refractivity contribution in [1.29, 1.82) is 0 Å². The van der Waals surface area contributed by atoms with Crippen molar-refractivity contribution in [3.63, 3.8) is 0 Å². The molecule has 0 atom stereocenters. The second-order valence-electron chi connectivity index (χ2n) is 7.98. The SMILES string of the molecule is O=S(=O)(O)C(c1ccccn1)(c1ccccn1)C(c1ccccn1)(c1ccccn1)c1ccccn1. The van der Waals surface area contributed by atoms with Crippen molar-refractivity contribution in [2.24, 2.45) is 0 Å². The molecule has 5 aromatic heterocycles. The quantitative estimate of drug-likeness (QED) is 0.339. The molecule has 36 heavy (non-hydrogen) atoms. The Bertz CT molecular complexity index is 1400. The number of hydrogen-bond acceptors (Lipinski definition) is 7. The molecule has 0 aliphatic heterocycles. The van der Waals surface area contributed by atoms with E-state index in [1.54, 1.807) is 110 Å². The Morgan fingerprint density at radius 3 is 0.972 bits per heavy atom. The molecule has 0 saturated heterocycles. The van der Waals surface area contributed by atoms with Crippen molar-refractivity contribution in [2.75, 3.05) is 0 Å². The van der Waals surface area contributed by atoms with Gasteiger partial charge in [-0.2, -0.15) is 8.42 Å². The molecule has 0 fully saturated rings. The second-order valence-corrected chi connectivity index (χ2v) is 9.54.